The first kappa shape index (κ1) is 18.5. The Kier molecular flexibility index (Phi) is 8.57. The molecule has 1 N–H and O–H groups in total. The predicted molar refractivity (Wildman–Crippen MR) is 95.9 cm³/mol. The number of nitrogens with one attached hydrogen (secondary N) is 1. The molecule has 0 spiro atoms. The Morgan fingerprint density at radius 2 is 1.86 bits per heavy atom. The molecule has 0 saturated carbocycles. The Bertz CT molecular complexity index is 459. The first-order chi connectivity index (χ1) is 10.6. The predicted octanol–water partition coefficient (Wildman–Crippen LogP) is 5.16. The van der Waals surface area contributed by atoms with Gasteiger partial charge in [-0.2, -0.15) is 0 Å². The van der Waals surface area contributed by atoms with Crippen LogP contribution in [0.3, 0.4) is 0 Å². The number of carbonyl (C=O) groups is 1. The molecule has 2 heteroatoms. The van der Waals surface area contributed by atoms with Crippen molar-refractivity contribution in [2.24, 2.45) is 5.92 Å². The third-order valence-electron chi connectivity index (χ3n) is 4.14. The molecule has 122 valence electrons. The highest BCUT2D eigenvalue weighted by molar-refractivity contribution is 5.91. The van der Waals surface area contributed by atoms with Gasteiger partial charge in [-0.25, -0.2) is 0 Å². The van der Waals surface area contributed by atoms with Crippen LogP contribution >= 0.6 is 0 Å². The third-order valence-corrected chi connectivity index (χ3v) is 4.14. The van der Waals surface area contributed by atoms with Crippen LogP contribution in [0.1, 0.15) is 70.4 Å². The summed E-state index contributed by atoms with van der Waals surface area (Å²) in [5, 5.41) is 3.02. The van der Waals surface area contributed by atoms with Gasteiger partial charge in [-0.05, 0) is 35.5 Å². The molecule has 1 amide bonds. The molecule has 0 aromatic heterocycles. The van der Waals surface area contributed by atoms with E-state index in [1.165, 1.54) is 24.8 Å². The average Bonchev–Trinajstić information content (AvgIpc) is 2.53. The van der Waals surface area contributed by atoms with Crippen molar-refractivity contribution in [3.05, 3.63) is 41.5 Å². The Balaban J connectivity index is 2.43. The fourth-order valence-electron chi connectivity index (χ4n) is 2.41. The molecule has 1 rings (SSSR count). The van der Waals surface area contributed by atoms with Gasteiger partial charge in [-0.3, -0.25) is 4.79 Å². The summed E-state index contributed by atoms with van der Waals surface area (Å²) in [6.07, 6.45) is 8.31. The summed E-state index contributed by atoms with van der Waals surface area (Å²) in [4.78, 5) is 11.9. The molecule has 2 nitrogen and oxygen atoms in total. The van der Waals surface area contributed by atoms with Crippen molar-refractivity contribution >= 4 is 12.0 Å². The minimum atomic E-state index is 0.00267. The minimum Gasteiger partial charge on any atom is -0.352 e. The van der Waals surface area contributed by atoms with E-state index in [2.05, 4.69) is 57.3 Å². The zero-order valence-corrected chi connectivity index (χ0v) is 14.6. The molecular formula is C20H31NO. The van der Waals surface area contributed by atoms with Crippen molar-refractivity contribution in [1.29, 1.82) is 0 Å². The van der Waals surface area contributed by atoms with Gasteiger partial charge in [0.05, 0.1) is 0 Å². The normalized spacial score (nSPS) is 12.8. The summed E-state index contributed by atoms with van der Waals surface area (Å²) in [5.41, 5.74) is 2.39. The zero-order valence-electron chi connectivity index (χ0n) is 14.6. The van der Waals surface area contributed by atoms with Crippen LogP contribution in [0.4, 0.5) is 0 Å². The van der Waals surface area contributed by atoms with Gasteiger partial charge < -0.3 is 5.32 Å². The van der Waals surface area contributed by atoms with Crippen LogP contribution in [0, 0.1) is 5.92 Å². The van der Waals surface area contributed by atoms with Gasteiger partial charge in [0.15, 0.2) is 0 Å². The first-order valence-electron chi connectivity index (χ1n) is 8.62. The molecule has 1 aromatic carbocycles. The average molecular weight is 301 g/mol. The maximum absolute atomic E-state index is 11.9. The van der Waals surface area contributed by atoms with Crippen molar-refractivity contribution in [3.63, 3.8) is 0 Å². The van der Waals surface area contributed by atoms with E-state index in [1.807, 2.05) is 6.08 Å². The highest BCUT2D eigenvalue weighted by Crippen LogP contribution is 2.15. The standard InChI is InChI=1S/C20H31NO/c1-5-7-8-17(6-2)15-21-20(22)14-11-18-9-12-19(13-10-18)16(3)4/h9-14,16-17H,5-8,15H2,1-4H3,(H,21,22). The van der Waals surface area contributed by atoms with Gasteiger partial charge in [-0.15, -0.1) is 0 Å². The van der Waals surface area contributed by atoms with E-state index in [1.54, 1.807) is 6.08 Å². The van der Waals surface area contributed by atoms with E-state index in [-0.39, 0.29) is 5.91 Å². The zero-order chi connectivity index (χ0) is 16.4. The fourth-order valence-corrected chi connectivity index (χ4v) is 2.41. The van der Waals surface area contributed by atoms with Crippen LogP contribution < -0.4 is 5.32 Å². The topological polar surface area (TPSA) is 29.1 Å². The number of carbonyl (C=O) groups excluding carboxylic acids is 1. The Labute approximate surface area is 136 Å². The molecule has 1 unspecified atom stereocenters. The smallest absolute Gasteiger partial charge is 0.244 e. The van der Waals surface area contributed by atoms with Crippen LogP contribution in [0.2, 0.25) is 0 Å². The molecule has 0 radical (unpaired) electrons. The molecule has 0 aliphatic carbocycles. The second kappa shape index (κ2) is 10.2. The largest absolute Gasteiger partial charge is 0.352 e. The van der Waals surface area contributed by atoms with Crippen molar-refractivity contribution in [2.45, 2.75) is 59.3 Å². The first-order valence-corrected chi connectivity index (χ1v) is 8.62. The summed E-state index contributed by atoms with van der Waals surface area (Å²) < 4.78 is 0. The van der Waals surface area contributed by atoms with Crippen LogP contribution in [-0.2, 0) is 4.79 Å². The van der Waals surface area contributed by atoms with Crippen LogP contribution in [0.25, 0.3) is 6.08 Å². The molecular weight excluding hydrogens is 270 g/mol. The summed E-state index contributed by atoms with van der Waals surface area (Å²) >= 11 is 0. The SMILES string of the molecule is CCCCC(CC)CNC(=O)C=Cc1ccc(C(C)C)cc1. The number of hydrogen-bond acceptors (Lipinski definition) is 1. The highest BCUT2D eigenvalue weighted by Gasteiger charge is 2.06. The Morgan fingerprint density at radius 3 is 2.41 bits per heavy atom. The van der Waals surface area contributed by atoms with Crippen LogP contribution in [0.5, 0.6) is 0 Å². The monoisotopic (exact) mass is 301 g/mol. The molecule has 1 atom stereocenters. The van der Waals surface area contributed by atoms with Crippen molar-refractivity contribution in [3.8, 4) is 0 Å². The third kappa shape index (κ3) is 6.93. The van der Waals surface area contributed by atoms with Crippen LogP contribution in [-0.4, -0.2) is 12.5 Å². The van der Waals surface area contributed by atoms with Crippen molar-refractivity contribution in [2.75, 3.05) is 6.54 Å². The summed E-state index contributed by atoms with van der Waals surface area (Å²) in [6, 6.07) is 8.38. The molecule has 0 heterocycles. The number of hydrogen-bond donors (Lipinski definition) is 1. The van der Waals surface area contributed by atoms with E-state index in [0.717, 1.165) is 18.5 Å². The van der Waals surface area contributed by atoms with Gasteiger partial charge in [0.2, 0.25) is 5.91 Å². The molecule has 0 aliphatic heterocycles. The molecule has 0 saturated heterocycles. The number of amides is 1. The molecule has 0 aliphatic rings. The number of rotatable bonds is 9. The van der Waals surface area contributed by atoms with Gasteiger partial charge in [-0.1, -0.05) is 71.2 Å². The van der Waals surface area contributed by atoms with Gasteiger partial charge in [0.25, 0.3) is 0 Å². The fraction of sp³-hybridized carbons (Fsp3) is 0.550. The molecule has 22 heavy (non-hydrogen) atoms. The number of benzene rings is 1. The molecule has 1 aromatic rings. The molecule has 0 fully saturated rings. The summed E-state index contributed by atoms with van der Waals surface area (Å²) in [7, 11) is 0. The molecule has 0 bridgehead atoms. The van der Waals surface area contributed by atoms with E-state index in [9.17, 15) is 4.79 Å². The van der Waals surface area contributed by atoms with E-state index >= 15 is 0 Å². The van der Waals surface area contributed by atoms with Crippen molar-refractivity contribution < 1.29 is 4.79 Å². The highest BCUT2D eigenvalue weighted by atomic mass is 16.1. The van der Waals surface area contributed by atoms with Gasteiger partial charge in [0.1, 0.15) is 0 Å². The lowest BCUT2D eigenvalue weighted by Gasteiger charge is -2.14. The maximum atomic E-state index is 11.9. The maximum Gasteiger partial charge on any atom is 0.244 e. The van der Waals surface area contributed by atoms with Crippen molar-refractivity contribution in [1.82, 2.24) is 5.32 Å². The minimum absolute atomic E-state index is 0.00267. The lowest BCUT2D eigenvalue weighted by molar-refractivity contribution is -0.116. The second-order valence-electron chi connectivity index (χ2n) is 6.32. The quantitative estimate of drug-likeness (QED) is 0.627. The van der Waals surface area contributed by atoms with Gasteiger partial charge in [0, 0.05) is 12.6 Å². The van der Waals surface area contributed by atoms with E-state index < -0.39 is 0 Å². The second-order valence-corrected chi connectivity index (χ2v) is 6.32. The lowest BCUT2D eigenvalue weighted by Crippen LogP contribution is -2.27. The Hall–Kier alpha value is -1.57. The Morgan fingerprint density at radius 1 is 1.18 bits per heavy atom. The van der Waals surface area contributed by atoms with Crippen LogP contribution in [0.15, 0.2) is 30.3 Å². The van der Waals surface area contributed by atoms with E-state index in [0.29, 0.717) is 11.8 Å². The summed E-state index contributed by atoms with van der Waals surface area (Å²) in [5.74, 6) is 1.14. The van der Waals surface area contributed by atoms with Gasteiger partial charge >= 0.3 is 0 Å². The number of unbranched alkanes of at least 4 members (excludes halogenated alkanes) is 1. The van der Waals surface area contributed by atoms with E-state index in [4.69, 9.17) is 0 Å². The summed E-state index contributed by atoms with van der Waals surface area (Å²) in [6.45, 7) is 9.55. The lowest BCUT2D eigenvalue weighted by atomic mass is 9.99.